The van der Waals surface area contributed by atoms with E-state index >= 15 is 0 Å². The van der Waals surface area contributed by atoms with Gasteiger partial charge in [-0.3, -0.25) is 14.9 Å². The SMILES string of the molecule is O=C(NCc1cc2ccccc2s1)c1cc([N+](=O)[O-])ccc1NC1CCC(O)CC1. The van der Waals surface area contributed by atoms with Crippen molar-refractivity contribution in [2.75, 3.05) is 5.32 Å². The number of nitrogens with one attached hydrogen (secondary N) is 2. The maximum atomic E-state index is 12.9. The molecule has 4 rings (SSSR count). The van der Waals surface area contributed by atoms with Crippen LogP contribution in [-0.2, 0) is 6.54 Å². The van der Waals surface area contributed by atoms with Crippen LogP contribution in [-0.4, -0.2) is 28.1 Å². The van der Waals surface area contributed by atoms with Crippen molar-refractivity contribution in [3.8, 4) is 0 Å². The molecular weight excluding hydrogens is 402 g/mol. The highest BCUT2D eigenvalue weighted by Gasteiger charge is 2.22. The molecule has 1 aliphatic carbocycles. The number of nitro benzene ring substituents is 1. The lowest BCUT2D eigenvalue weighted by molar-refractivity contribution is -0.384. The van der Waals surface area contributed by atoms with Gasteiger partial charge in [0.05, 0.1) is 23.1 Å². The van der Waals surface area contributed by atoms with Crippen molar-refractivity contribution < 1.29 is 14.8 Å². The summed E-state index contributed by atoms with van der Waals surface area (Å²) in [5.74, 6) is -0.352. The zero-order valence-electron chi connectivity index (χ0n) is 16.3. The van der Waals surface area contributed by atoms with Crippen molar-refractivity contribution >= 4 is 38.7 Å². The number of amides is 1. The third-order valence-corrected chi connectivity index (χ3v) is 6.53. The highest BCUT2D eigenvalue weighted by atomic mass is 32.1. The van der Waals surface area contributed by atoms with Gasteiger partial charge >= 0.3 is 0 Å². The molecule has 0 radical (unpaired) electrons. The van der Waals surface area contributed by atoms with Crippen LogP contribution in [0, 0.1) is 10.1 Å². The van der Waals surface area contributed by atoms with E-state index in [2.05, 4.69) is 10.6 Å². The normalized spacial score (nSPS) is 18.8. The van der Waals surface area contributed by atoms with E-state index in [1.165, 1.54) is 12.1 Å². The number of nitro groups is 1. The quantitative estimate of drug-likeness (QED) is 0.400. The van der Waals surface area contributed by atoms with Gasteiger partial charge in [0.15, 0.2) is 0 Å². The summed E-state index contributed by atoms with van der Waals surface area (Å²) in [5.41, 5.74) is 0.721. The number of hydrogen-bond acceptors (Lipinski definition) is 6. The molecule has 156 valence electrons. The molecule has 0 saturated heterocycles. The molecule has 0 unspecified atom stereocenters. The Bertz CT molecular complexity index is 1040. The fraction of sp³-hybridized carbons (Fsp3) is 0.318. The van der Waals surface area contributed by atoms with Crippen molar-refractivity contribution in [1.29, 1.82) is 0 Å². The Morgan fingerprint density at radius 1 is 1.13 bits per heavy atom. The Kier molecular flexibility index (Phi) is 5.96. The molecule has 1 saturated carbocycles. The first-order valence-corrected chi connectivity index (χ1v) is 10.8. The van der Waals surface area contributed by atoms with Crippen LogP contribution >= 0.6 is 11.3 Å². The lowest BCUT2D eigenvalue weighted by Gasteiger charge is -2.27. The second-order valence-electron chi connectivity index (χ2n) is 7.57. The summed E-state index contributed by atoms with van der Waals surface area (Å²) in [5, 5.41) is 28.3. The molecule has 1 aliphatic rings. The van der Waals surface area contributed by atoms with Gasteiger partial charge in [-0.2, -0.15) is 0 Å². The van der Waals surface area contributed by atoms with E-state index < -0.39 is 4.92 Å². The van der Waals surface area contributed by atoms with Gasteiger partial charge in [-0.15, -0.1) is 11.3 Å². The predicted molar refractivity (Wildman–Crippen MR) is 118 cm³/mol. The predicted octanol–water partition coefficient (Wildman–Crippen LogP) is 4.45. The van der Waals surface area contributed by atoms with Crippen LogP contribution in [0.4, 0.5) is 11.4 Å². The number of carbonyl (C=O) groups excluding carboxylic acids is 1. The third kappa shape index (κ3) is 4.60. The number of aliphatic hydroxyl groups is 1. The number of aliphatic hydroxyl groups excluding tert-OH is 1. The lowest BCUT2D eigenvalue weighted by Crippen LogP contribution is -2.30. The lowest BCUT2D eigenvalue weighted by atomic mass is 9.92. The summed E-state index contributed by atoms with van der Waals surface area (Å²) in [7, 11) is 0. The van der Waals surface area contributed by atoms with Crippen LogP contribution in [0.2, 0.25) is 0 Å². The Balaban J connectivity index is 1.51. The zero-order chi connectivity index (χ0) is 21.1. The number of rotatable bonds is 6. The van der Waals surface area contributed by atoms with E-state index in [-0.39, 0.29) is 29.3 Å². The van der Waals surface area contributed by atoms with Crippen molar-refractivity contribution in [3.05, 3.63) is 69.1 Å². The largest absolute Gasteiger partial charge is 0.393 e. The highest BCUT2D eigenvalue weighted by molar-refractivity contribution is 7.19. The van der Waals surface area contributed by atoms with Crippen LogP contribution in [0.15, 0.2) is 48.5 Å². The summed E-state index contributed by atoms with van der Waals surface area (Å²) in [6, 6.07) is 14.5. The standard InChI is InChI=1S/C22H23N3O4S/c26-17-8-5-15(6-9-17)24-20-10-7-16(25(28)29)12-19(20)22(27)23-13-18-11-14-3-1-2-4-21(14)30-18/h1-4,7,10-12,15,17,24,26H,5-6,8-9,13H2,(H,23,27). The van der Waals surface area contributed by atoms with Crippen LogP contribution in [0.1, 0.15) is 40.9 Å². The average molecular weight is 426 g/mol. The Morgan fingerprint density at radius 2 is 1.90 bits per heavy atom. The average Bonchev–Trinajstić information content (AvgIpc) is 3.17. The first-order valence-electron chi connectivity index (χ1n) is 9.98. The number of nitrogens with zero attached hydrogens (tertiary/aromatic N) is 1. The number of carbonyl (C=O) groups is 1. The van der Waals surface area contributed by atoms with E-state index in [0.717, 1.165) is 27.8 Å². The number of hydrogen-bond donors (Lipinski definition) is 3. The van der Waals surface area contributed by atoms with E-state index in [9.17, 15) is 20.0 Å². The third-order valence-electron chi connectivity index (χ3n) is 5.41. The molecule has 8 heteroatoms. The maximum absolute atomic E-state index is 12.9. The molecule has 1 amide bonds. The van der Waals surface area contributed by atoms with Gasteiger partial charge in [0.25, 0.3) is 11.6 Å². The smallest absolute Gasteiger partial charge is 0.270 e. The molecule has 3 aromatic rings. The molecule has 1 aromatic heterocycles. The summed E-state index contributed by atoms with van der Waals surface area (Å²) in [6.45, 7) is 0.357. The zero-order valence-corrected chi connectivity index (χ0v) is 17.2. The summed E-state index contributed by atoms with van der Waals surface area (Å²) >= 11 is 1.61. The molecule has 7 nitrogen and oxygen atoms in total. The Morgan fingerprint density at radius 3 is 2.63 bits per heavy atom. The second-order valence-corrected chi connectivity index (χ2v) is 8.74. The maximum Gasteiger partial charge on any atom is 0.270 e. The molecule has 0 bridgehead atoms. The summed E-state index contributed by atoms with van der Waals surface area (Å²) in [4.78, 5) is 24.7. The van der Waals surface area contributed by atoms with Gasteiger partial charge < -0.3 is 15.7 Å². The minimum Gasteiger partial charge on any atom is -0.393 e. The van der Waals surface area contributed by atoms with Crippen LogP contribution < -0.4 is 10.6 Å². The Hall–Kier alpha value is -2.97. The van der Waals surface area contributed by atoms with Crippen molar-refractivity contribution in [1.82, 2.24) is 5.32 Å². The summed E-state index contributed by atoms with van der Waals surface area (Å²) < 4.78 is 1.15. The van der Waals surface area contributed by atoms with Gasteiger partial charge in [0.1, 0.15) is 0 Å². The molecule has 3 N–H and O–H groups in total. The molecule has 0 aliphatic heterocycles. The van der Waals surface area contributed by atoms with Crippen LogP contribution in [0.5, 0.6) is 0 Å². The van der Waals surface area contributed by atoms with Crippen molar-refractivity contribution in [2.24, 2.45) is 0 Å². The first kappa shape index (κ1) is 20.3. The number of non-ortho nitro benzene ring substituents is 1. The van der Waals surface area contributed by atoms with Gasteiger partial charge in [0, 0.05) is 33.4 Å². The topological polar surface area (TPSA) is 104 Å². The molecule has 1 heterocycles. The monoisotopic (exact) mass is 425 g/mol. The fourth-order valence-corrected chi connectivity index (χ4v) is 4.79. The van der Waals surface area contributed by atoms with Gasteiger partial charge in [-0.1, -0.05) is 18.2 Å². The Labute approximate surface area is 177 Å². The van der Waals surface area contributed by atoms with E-state index in [4.69, 9.17) is 0 Å². The van der Waals surface area contributed by atoms with Gasteiger partial charge in [-0.25, -0.2) is 0 Å². The van der Waals surface area contributed by atoms with Gasteiger partial charge in [0.2, 0.25) is 0 Å². The highest BCUT2D eigenvalue weighted by Crippen LogP contribution is 2.28. The van der Waals surface area contributed by atoms with Crippen molar-refractivity contribution in [2.45, 2.75) is 44.4 Å². The molecule has 1 fully saturated rings. The first-order chi connectivity index (χ1) is 14.5. The van der Waals surface area contributed by atoms with E-state index in [1.807, 2.05) is 30.3 Å². The minimum absolute atomic E-state index is 0.119. The molecule has 0 spiro atoms. The molecule has 0 atom stereocenters. The second kappa shape index (κ2) is 8.81. The number of thiophene rings is 1. The van der Waals surface area contributed by atoms with Crippen molar-refractivity contribution in [3.63, 3.8) is 0 Å². The molecule has 30 heavy (non-hydrogen) atoms. The fourth-order valence-electron chi connectivity index (χ4n) is 3.79. The van der Waals surface area contributed by atoms with Gasteiger partial charge in [-0.05, 0) is 49.3 Å². The molecular formula is C22H23N3O4S. The van der Waals surface area contributed by atoms with E-state index in [0.29, 0.717) is 25.1 Å². The molecule has 2 aromatic carbocycles. The number of fused-ring (bicyclic) bond motifs is 1. The summed E-state index contributed by atoms with van der Waals surface area (Å²) in [6.07, 6.45) is 2.72. The number of anilines is 1. The van der Waals surface area contributed by atoms with Crippen LogP contribution in [0.3, 0.4) is 0 Å². The number of benzene rings is 2. The van der Waals surface area contributed by atoms with E-state index in [1.54, 1.807) is 17.4 Å². The minimum atomic E-state index is -0.497. The van der Waals surface area contributed by atoms with Crippen LogP contribution in [0.25, 0.3) is 10.1 Å².